The molecule has 0 unspecified atom stereocenters. The second kappa shape index (κ2) is 3.96. The lowest BCUT2D eigenvalue weighted by molar-refractivity contribution is -0.130. The molecule has 1 aliphatic heterocycles. The number of nitrogens with two attached hydrogens (primary N) is 1. The lowest BCUT2D eigenvalue weighted by Gasteiger charge is -2.15. The molecular weight excluding hydrogens is 182 g/mol. The smallest absolute Gasteiger partial charge is 0.325 e. The van der Waals surface area contributed by atoms with E-state index < -0.39 is 5.54 Å². The van der Waals surface area contributed by atoms with Crippen LogP contribution in [-0.2, 0) is 4.79 Å². The van der Waals surface area contributed by atoms with E-state index in [2.05, 4.69) is 5.32 Å². The molecular formula is C9H17N3O2. The van der Waals surface area contributed by atoms with Crippen molar-refractivity contribution in [2.45, 2.75) is 32.2 Å². The van der Waals surface area contributed by atoms with Crippen LogP contribution < -0.4 is 11.1 Å². The van der Waals surface area contributed by atoms with Crippen LogP contribution in [0, 0.1) is 0 Å². The Labute approximate surface area is 83.6 Å². The van der Waals surface area contributed by atoms with Gasteiger partial charge in [0.25, 0.3) is 5.91 Å². The van der Waals surface area contributed by atoms with Gasteiger partial charge in [0.15, 0.2) is 0 Å². The van der Waals surface area contributed by atoms with Crippen LogP contribution in [0.5, 0.6) is 0 Å². The summed E-state index contributed by atoms with van der Waals surface area (Å²) in [6.45, 7) is 4.46. The maximum atomic E-state index is 11.6. The lowest BCUT2D eigenvalue weighted by Crippen LogP contribution is -2.40. The number of nitrogens with one attached hydrogen (secondary N) is 1. The zero-order valence-electron chi connectivity index (χ0n) is 8.67. The zero-order valence-corrected chi connectivity index (χ0v) is 8.67. The van der Waals surface area contributed by atoms with Crippen LogP contribution in [-0.4, -0.2) is 35.5 Å². The summed E-state index contributed by atoms with van der Waals surface area (Å²) in [5.74, 6) is -0.153. The molecule has 1 aliphatic rings. The monoisotopic (exact) mass is 199 g/mol. The van der Waals surface area contributed by atoms with Crippen LogP contribution in [0.4, 0.5) is 4.79 Å². The molecule has 0 saturated carbocycles. The summed E-state index contributed by atoms with van der Waals surface area (Å²) in [7, 11) is 0. The molecule has 0 aromatic heterocycles. The summed E-state index contributed by atoms with van der Waals surface area (Å²) >= 11 is 0. The highest BCUT2D eigenvalue weighted by Gasteiger charge is 2.43. The average molecular weight is 199 g/mol. The van der Waals surface area contributed by atoms with Crippen LogP contribution in [0.2, 0.25) is 0 Å². The Morgan fingerprint density at radius 3 is 2.43 bits per heavy atom. The third-order valence-electron chi connectivity index (χ3n) is 2.28. The number of rotatable bonds is 4. The Balaban J connectivity index is 2.53. The summed E-state index contributed by atoms with van der Waals surface area (Å²) in [6, 6.07) is -0.294. The van der Waals surface area contributed by atoms with E-state index in [1.165, 1.54) is 4.90 Å². The molecule has 3 amide bonds. The van der Waals surface area contributed by atoms with Gasteiger partial charge in [0.2, 0.25) is 0 Å². The Hall–Kier alpha value is -1.10. The van der Waals surface area contributed by atoms with Crippen LogP contribution in [0.3, 0.4) is 0 Å². The van der Waals surface area contributed by atoms with Crippen molar-refractivity contribution in [3.8, 4) is 0 Å². The van der Waals surface area contributed by atoms with E-state index in [0.29, 0.717) is 13.1 Å². The quantitative estimate of drug-likeness (QED) is 0.496. The van der Waals surface area contributed by atoms with Crippen molar-refractivity contribution in [1.82, 2.24) is 10.2 Å². The van der Waals surface area contributed by atoms with Gasteiger partial charge in [-0.15, -0.1) is 0 Å². The van der Waals surface area contributed by atoms with E-state index in [0.717, 1.165) is 12.8 Å². The van der Waals surface area contributed by atoms with E-state index in [1.54, 1.807) is 13.8 Å². The topological polar surface area (TPSA) is 75.4 Å². The standard InChI is InChI=1S/C9H17N3O2/c1-9(2)7(13)12(8(14)11-9)6-4-3-5-10/h3-6,10H2,1-2H3,(H,11,14). The molecule has 0 bridgehead atoms. The van der Waals surface area contributed by atoms with Crippen molar-refractivity contribution in [3.05, 3.63) is 0 Å². The maximum absolute atomic E-state index is 11.6. The fourth-order valence-electron chi connectivity index (χ4n) is 1.44. The van der Waals surface area contributed by atoms with Gasteiger partial charge >= 0.3 is 6.03 Å². The molecule has 1 fully saturated rings. The van der Waals surface area contributed by atoms with E-state index in [4.69, 9.17) is 5.73 Å². The third kappa shape index (κ3) is 2.04. The second-order valence-electron chi connectivity index (χ2n) is 4.01. The van der Waals surface area contributed by atoms with Gasteiger partial charge in [-0.3, -0.25) is 9.69 Å². The van der Waals surface area contributed by atoms with Gasteiger partial charge < -0.3 is 11.1 Å². The van der Waals surface area contributed by atoms with Gasteiger partial charge in [-0.05, 0) is 33.2 Å². The zero-order chi connectivity index (χ0) is 10.8. The fraction of sp³-hybridized carbons (Fsp3) is 0.778. The normalized spacial score (nSPS) is 20.1. The minimum absolute atomic E-state index is 0.153. The molecule has 14 heavy (non-hydrogen) atoms. The summed E-state index contributed by atoms with van der Waals surface area (Å²) in [6.07, 6.45) is 1.60. The molecule has 0 spiro atoms. The van der Waals surface area contributed by atoms with Crippen molar-refractivity contribution in [1.29, 1.82) is 0 Å². The van der Waals surface area contributed by atoms with Crippen LogP contribution in [0.1, 0.15) is 26.7 Å². The molecule has 80 valence electrons. The molecule has 5 heteroatoms. The highest BCUT2D eigenvalue weighted by atomic mass is 16.2. The molecule has 1 heterocycles. The lowest BCUT2D eigenvalue weighted by atomic mass is 10.1. The predicted octanol–water partition coefficient (Wildman–Crippen LogP) is 0.0557. The Kier molecular flexibility index (Phi) is 3.10. The number of amides is 3. The molecule has 0 atom stereocenters. The van der Waals surface area contributed by atoms with E-state index in [9.17, 15) is 9.59 Å². The van der Waals surface area contributed by atoms with Crippen molar-refractivity contribution >= 4 is 11.9 Å². The van der Waals surface area contributed by atoms with E-state index >= 15 is 0 Å². The van der Waals surface area contributed by atoms with E-state index in [1.807, 2.05) is 0 Å². The Morgan fingerprint density at radius 2 is 2.00 bits per heavy atom. The van der Waals surface area contributed by atoms with Crippen molar-refractivity contribution in [2.24, 2.45) is 5.73 Å². The molecule has 0 aromatic rings. The molecule has 1 rings (SSSR count). The highest BCUT2D eigenvalue weighted by Crippen LogP contribution is 2.16. The van der Waals surface area contributed by atoms with Gasteiger partial charge in [-0.1, -0.05) is 0 Å². The fourth-order valence-corrected chi connectivity index (χ4v) is 1.44. The van der Waals surface area contributed by atoms with Crippen LogP contribution >= 0.6 is 0 Å². The van der Waals surface area contributed by atoms with Gasteiger partial charge in [0.05, 0.1) is 0 Å². The molecule has 1 saturated heterocycles. The number of carbonyl (C=O) groups excluding carboxylic acids is 2. The summed E-state index contributed by atoms with van der Waals surface area (Å²) in [5, 5.41) is 2.63. The number of urea groups is 1. The van der Waals surface area contributed by atoms with Gasteiger partial charge in [0, 0.05) is 6.54 Å². The number of carbonyl (C=O) groups is 2. The SMILES string of the molecule is CC1(C)NC(=O)N(CCCCN)C1=O. The Morgan fingerprint density at radius 1 is 1.36 bits per heavy atom. The summed E-state index contributed by atoms with van der Waals surface area (Å²) < 4.78 is 0. The number of hydrogen-bond acceptors (Lipinski definition) is 3. The van der Waals surface area contributed by atoms with Crippen LogP contribution in [0.15, 0.2) is 0 Å². The van der Waals surface area contributed by atoms with Gasteiger partial charge in [-0.25, -0.2) is 4.79 Å². The molecule has 3 N–H and O–H groups in total. The number of hydrogen-bond donors (Lipinski definition) is 2. The predicted molar refractivity (Wildman–Crippen MR) is 52.6 cm³/mol. The molecule has 0 radical (unpaired) electrons. The number of imide groups is 1. The van der Waals surface area contributed by atoms with Gasteiger partial charge in [0.1, 0.15) is 5.54 Å². The van der Waals surface area contributed by atoms with E-state index in [-0.39, 0.29) is 11.9 Å². The van der Waals surface area contributed by atoms with Gasteiger partial charge in [-0.2, -0.15) is 0 Å². The number of unbranched alkanes of at least 4 members (excludes halogenated alkanes) is 1. The first-order valence-electron chi connectivity index (χ1n) is 4.83. The third-order valence-corrected chi connectivity index (χ3v) is 2.28. The largest absolute Gasteiger partial charge is 0.330 e. The minimum Gasteiger partial charge on any atom is -0.330 e. The average Bonchev–Trinajstić information content (AvgIpc) is 2.27. The molecule has 5 nitrogen and oxygen atoms in total. The van der Waals surface area contributed by atoms with Crippen molar-refractivity contribution in [2.75, 3.05) is 13.1 Å². The molecule has 0 aliphatic carbocycles. The first-order valence-corrected chi connectivity index (χ1v) is 4.83. The second-order valence-corrected chi connectivity index (χ2v) is 4.01. The van der Waals surface area contributed by atoms with Crippen molar-refractivity contribution < 1.29 is 9.59 Å². The minimum atomic E-state index is -0.750. The molecule has 0 aromatic carbocycles. The maximum Gasteiger partial charge on any atom is 0.325 e. The summed E-state index contributed by atoms with van der Waals surface area (Å²) in [4.78, 5) is 24.3. The van der Waals surface area contributed by atoms with Crippen molar-refractivity contribution in [3.63, 3.8) is 0 Å². The number of nitrogens with zero attached hydrogens (tertiary/aromatic N) is 1. The van der Waals surface area contributed by atoms with Crippen LogP contribution in [0.25, 0.3) is 0 Å². The first kappa shape index (κ1) is 11.0. The Bertz CT molecular complexity index is 250. The summed E-state index contributed by atoms with van der Waals surface area (Å²) in [5.41, 5.74) is 4.58. The first-order chi connectivity index (χ1) is 6.49. The highest BCUT2D eigenvalue weighted by molar-refractivity contribution is 6.06.